The van der Waals surface area contributed by atoms with E-state index in [0.717, 1.165) is 0 Å². The summed E-state index contributed by atoms with van der Waals surface area (Å²) in [6.45, 7) is 0. The third kappa shape index (κ3) is 19.3. The van der Waals surface area contributed by atoms with Crippen LogP contribution in [0.1, 0.15) is 0 Å². The SMILES string of the molecule is CSc1ccccc1.F[B-](F)(F)F.N#[NH+]. The summed E-state index contributed by atoms with van der Waals surface area (Å²) in [5.74, 6) is 0. The molecule has 1 rings (SSSR count). The van der Waals surface area contributed by atoms with Gasteiger partial charge in [-0.3, -0.25) is 0 Å². The summed E-state index contributed by atoms with van der Waals surface area (Å²) in [5, 5.41) is 11.0. The Kier molecular flexibility index (Phi) is 10.1. The number of halogens is 4. The zero-order chi connectivity index (χ0) is 12.3. The molecule has 15 heavy (non-hydrogen) atoms. The Labute approximate surface area is 89.2 Å². The fourth-order valence-electron chi connectivity index (χ4n) is 0.557. The maximum atomic E-state index is 9.75. The minimum Gasteiger partial charge on any atom is -0.418 e. The molecule has 0 saturated carbocycles. The minimum atomic E-state index is -6.00. The molecule has 0 spiro atoms. The highest BCUT2D eigenvalue weighted by atomic mass is 32.2. The van der Waals surface area contributed by atoms with E-state index in [1.165, 1.54) is 4.90 Å². The first-order chi connectivity index (χ1) is 6.93. The van der Waals surface area contributed by atoms with Crippen molar-refractivity contribution in [1.29, 1.82) is 5.39 Å². The van der Waals surface area contributed by atoms with Crippen molar-refractivity contribution in [3.05, 3.63) is 30.3 Å². The van der Waals surface area contributed by atoms with Gasteiger partial charge in [0.2, 0.25) is 5.39 Å². The lowest BCUT2D eigenvalue weighted by molar-refractivity contribution is -0.175. The van der Waals surface area contributed by atoms with E-state index in [1.807, 2.05) is 18.2 Å². The second-order valence-corrected chi connectivity index (χ2v) is 2.89. The molecule has 0 unspecified atom stereocenters. The third-order valence-corrected chi connectivity index (χ3v) is 1.72. The van der Waals surface area contributed by atoms with Crippen molar-refractivity contribution in [3.8, 4) is 0 Å². The molecule has 1 aromatic carbocycles. The molecule has 1 N–H and O–H groups in total. The summed E-state index contributed by atoms with van der Waals surface area (Å²) in [6.07, 6.45) is 2.08. The summed E-state index contributed by atoms with van der Waals surface area (Å²) in [5.41, 5.74) is 0. The normalized spacial score (nSPS) is 9.00. The van der Waals surface area contributed by atoms with Gasteiger partial charge in [0.25, 0.3) is 0 Å². The Morgan fingerprint density at radius 2 is 1.40 bits per heavy atom. The van der Waals surface area contributed by atoms with Crippen LogP contribution in [0.25, 0.3) is 0 Å². The average molecular weight is 240 g/mol. The van der Waals surface area contributed by atoms with Crippen LogP contribution in [0.4, 0.5) is 17.3 Å². The van der Waals surface area contributed by atoms with E-state index in [4.69, 9.17) is 10.8 Å². The second-order valence-electron chi connectivity index (χ2n) is 2.01. The monoisotopic (exact) mass is 240 g/mol. The molecule has 0 aliphatic carbocycles. The summed E-state index contributed by atoms with van der Waals surface area (Å²) in [6, 6.07) is 10.3. The van der Waals surface area contributed by atoms with Crippen LogP contribution in [-0.4, -0.2) is 13.5 Å². The molecule has 2 nitrogen and oxygen atoms in total. The van der Waals surface area contributed by atoms with Gasteiger partial charge in [-0.05, 0) is 18.4 Å². The van der Waals surface area contributed by atoms with Crippen LogP contribution >= 0.6 is 11.8 Å². The lowest BCUT2D eigenvalue weighted by Crippen LogP contribution is -2.11. The number of benzene rings is 1. The molecule has 0 radical (unpaired) electrons. The lowest BCUT2D eigenvalue weighted by atomic mass is 10.3. The molecule has 0 aliphatic heterocycles. The largest absolute Gasteiger partial charge is 0.673 e. The van der Waals surface area contributed by atoms with E-state index in [9.17, 15) is 17.3 Å². The van der Waals surface area contributed by atoms with Crippen molar-refractivity contribution in [2.75, 3.05) is 6.26 Å². The van der Waals surface area contributed by atoms with E-state index in [2.05, 4.69) is 18.4 Å². The van der Waals surface area contributed by atoms with Gasteiger partial charge in [-0.1, -0.05) is 18.2 Å². The van der Waals surface area contributed by atoms with Crippen LogP contribution in [0.15, 0.2) is 35.2 Å². The number of rotatable bonds is 1. The smallest absolute Gasteiger partial charge is 0.418 e. The molecule has 0 fully saturated rings. The number of nitrogens with one attached hydrogen (secondary N) is 1. The molecule has 0 amide bonds. The minimum absolute atomic E-state index is 1.33. The van der Waals surface area contributed by atoms with Crippen molar-refractivity contribution in [1.82, 2.24) is 0 Å². The Bertz CT molecular complexity index is 259. The van der Waals surface area contributed by atoms with Gasteiger partial charge >= 0.3 is 7.25 Å². The summed E-state index contributed by atoms with van der Waals surface area (Å²) >= 11 is 1.77. The molecular weight excluding hydrogens is 231 g/mol. The van der Waals surface area contributed by atoms with E-state index in [1.54, 1.807) is 11.8 Å². The number of nitrogens with zero attached hydrogens (tertiary/aromatic N) is 1. The van der Waals surface area contributed by atoms with E-state index in [-0.39, 0.29) is 0 Å². The van der Waals surface area contributed by atoms with Gasteiger partial charge in [-0.15, -0.1) is 11.8 Å². The van der Waals surface area contributed by atoms with E-state index >= 15 is 0 Å². The van der Waals surface area contributed by atoms with Crippen molar-refractivity contribution < 1.29 is 22.7 Å². The van der Waals surface area contributed by atoms with E-state index < -0.39 is 7.25 Å². The van der Waals surface area contributed by atoms with Crippen molar-refractivity contribution in [2.24, 2.45) is 0 Å². The molecule has 0 aromatic heterocycles. The Hall–Kier alpha value is -1.23. The van der Waals surface area contributed by atoms with Crippen molar-refractivity contribution in [3.63, 3.8) is 0 Å². The zero-order valence-corrected chi connectivity index (χ0v) is 8.65. The molecule has 0 saturated heterocycles. The first-order valence-electron chi connectivity index (χ1n) is 3.62. The van der Waals surface area contributed by atoms with Crippen LogP contribution < -0.4 is 5.39 Å². The van der Waals surface area contributed by atoms with Crippen LogP contribution in [0.3, 0.4) is 0 Å². The fraction of sp³-hybridized carbons (Fsp3) is 0.143. The van der Waals surface area contributed by atoms with Crippen LogP contribution in [0.2, 0.25) is 0 Å². The number of hydrogen-bond donors (Lipinski definition) is 1. The van der Waals surface area contributed by atoms with Gasteiger partial charge in [0.05, 0.1) is 5.39 Å². The first kappa shape index (κ1) is 16.2. The quantitative estimate of drug-likeness (QED) is 0.353. The van der Waals surface area contributed by atoms with Crippen molar-refractivity contribution in [2.45, 2.75) is 4.90 Å². The number of diazo groups is 1. The molecule has 0 bridgehead atoms. The zero-order valence-electron chi connectivity index (χ0n) is 7.83. The van der Waals surface area contributed by atoms with Crippen molar-refractivity contribution >= 4 is 19.0 Å². The average Bonchev–Trinajstić information content (AvgIpc) is 2.20. The van der Waals surface area contributed by atoms with Crippen LogP contribution in [-0.2, 0) is 0 Å². The molecule has 0 heterocycles. The van der Waals surface area contributed by atoms with Crippen LogP contribution in [0.5, 0.6) is 0 Å². The van der Waals surface area contributed by atoms with Gasteiger partial charge in [0.15, 0.2) is 0 Å². The maximum Gasteiger partial charge on any atom is 0.673 e. The molecule has 84 valence electrons. The van der Waals surface area contributed by atoms with Gasteiger partial charge in [-0.25, -0.2) is 0 Å². The van der Waals surface area contributed by atoms with Gasteiger partial charge in [-0.2, -0.15) is 0 Å². The maximum absolute atomic E-state index is 9.75. The third-order valence-electron chi connectivity index (χ3n) is 0.979. The predicted molar refractivity (Wildman–Crippen MR) is 51.1 cm³/mol. The summed E-state index contributed by atoms with van der Waals surface area (Å²) in [4.78, 5) is 1.33. The topological polar surface area (TPSA) is 47.6 Å². The fourth-order valence-corrected chi connectivity index (χ4v) is 0.986. The number of thioether (sulfide) groups is 1. The highest BCUT2D eigenvalue weighted by molar-refractivity contribution is 7.98. The molecule has 0 aliphatic rings. The standard InChI is InChI=1S/C7H8S.BF4.N2/c1-8-7-5-3-2-4-6-7;2-1(3,4)5;1-2/h2-6H,1H3;;/q;-1;/p+1. The lowest BCUT2D eigenvalue weighted by Gasteiger charge is -1.94. The summed E-state index contributed by atoms with van der Waals surface area (Å²) < 4.78 is 39.0. The molecule has 1 aromatic rings. The van der Waals surface area contributed by atoms with Crippen LogP contribution in [0, 0.1) is 5.39 Å². The first-order valence-corrected chi connectivity index (χ1v) is 4.84. The molecular formula is C7H9BF4N2S. The number of hydrogen-bond acceptors (Lipinski definition) is 2. The van der Waals surface area contributed by atoms with Gasteiger partial charge < -0.3 is 17.3 Å². The Balaban J connectivity index is 0. The highest BCUT2D eigenvalue weighted by Gasteiger charge is 2.20. The predicted octanol–water partition coefficient (Wildman–Crippen LogP) is 1.99. The molecule has 8 heteroatoms. The second kappa shape index (κ2) is 9.33. The van der Waals surface area contributed by atoms with Gasteiger partial charge in [0, 0.05) is 4.90 Å². The highest BCUT2D eigenvalue weighted by Crippen LogP contribution is 2.11. The molecule has 0 atom stereocenters. The summed E-state index contributed by atoms with van der Waals surface area (Å²) in [7, 11) is -6.00. The Morgan fingerprint density at radius 3 is 1.60 bits per heavy atom. The van der Waals surface area contributed by atoms with Gasteiger partial charge in [0.1, 0.15) is 0 Å². The Morgan fingerprint density at radius 1 is 1.07 bits per heavy atom. The van der Waals surface area contributed by atoms with E-state index in [0.29, 0.717) is 0 Å².